The zero-order chi connectivity index (χ0) is 25.1. The van der Waals surface area contributed by atoms with Crippen molar-refractivity contribution in [2.45, 2.75) is 19.0 Å². The number of hydrogen-bond acceptors (Lipinski definition) is 9. The fraction of sp³-hybridized carbons (Fsp3) is 0.440. The second-order valence-electron chi connectivity index (χ2n) is 9.23. The number of thiophene rings is 1. The van der Waals surface area contributed by atoms with E-state index in [1.165, 1.54) is 16.0 Å². The van der Waals surface area contributed by atoms with Crippen LogP contribution in [0.25, 0.3) is 0 Å². The van der Waals surface area contributed by atoms with E-state index >= 15 is 0 Å². The number of morpholine rings is 1. The summed E-state index contributed by atoms with van der Waals surface area (Å²) in [5.74, 6) is 1.16. The molecule has 2 aliphatic rings. The van der Waals surface area contributed by atoms with Crippen molar-refractivity contribution in [3.05, 3.63) is 63.6 Å². The van der Waals surface area contributed by atoms with Crippen molar-refractivity contribution in [2.24, 2.45) is 5.73 Å². The fourth-order valence-corrected chi connectivity index (χ4v) is 5.12. The number of nitrogens with zero attached hydrogens (tertiary/aromatic N) is 6. The molecule has 10 nitrogen and oxygen atoms in total. The van der Waals surface area contributed by atoms with Crippen LogP contribution in [0.4, 0.5) is 5.95 Å². The van der Waals surface area contributed by atoms with E-state index in [0.717, 1.165) is 11.1 Å². The summed E-state index contributed by atoms with van der Waals surface area (Å²) in [7, 11) is 1.91. The number of ether oxygens (including phenoxy) is 1. The average molecular weight is 510 g/mol. The van der Waals surface area contributed by atoms with Crippen LogP contribution >= 0.6 is 11.3 Å². The molecule has 0 saturated carbocycles. The van der Waals surface area contributed by atoms with Gasteiger partial charge in [0.05, 0.1) is 24.6 Å². The van der Waals surface area contributed by atoms with Crippen LogP contribution in [0, 0.1) is 0 Å². The third kappa shape index (κ3) is 5.34. The quantitative estimate of drug-likeness (QED) is 0.485. The topological polar surface area (TPSA) is 110 Å². The smallest absolute Gasteiger partial charge is 0.291 e. The van der Waals surface area contributed by atoms with E-state index in [1.54, 1.807) is 6.07 Å². The number of anilines is 1. The lowest BCUT2D eigenvalue weighted by molar-refractivity contribution is -0.137. The summed E-state index contributed by atoms with van der Waals surface area (Å²) in [6, 6.07) is 11.8. The standard InChI is InChI=1S/C25H31N7O3S/c1-29(14-19-6-4-18(13-26)5-7-19)25-27-23(28-32(25)24(34)21-3-2-12-36-21)20-15-30(16-20)17-22(33)31-8-10-35-11-9-31/h2-7,12,20H,8-11,13-17,26H2,1H3. The van der Waals surface area contributed by atoms with Gasteiger partial charge in [0.2, 0.25) is 11.9 Å². The number of benzene rings is 1. The van der Waals surface area contributed by atoms with E-state index in [1.807, 2.05) is 52.6 Å². The van der Waals surface area contributed by atoms with Gasteiger partial charge >= 0.3 is 0 Å². The molecule has 3 aromatic rings. The predicted octanol–water partition coefficient (Wildman–Crippen LogP) is 1.38. The zero-order valence-electron chi connectivity index (χ0n) is 20.4. The molecular formula is C25H31N7O3S. The average Bonchev–Trinajstić information content (AvgIpc) is 3.57. The summed E-state index contributed by atoms with van der Waals surface area (Å²) >= 11 is 1.38. The lowest BCUT2D eigenvalue weighted by atomic mass is 9.99. The highest BCUT2D eigenvalue weighted by molar-refractivity contribution is 7.12. The molecule has 36 heavy (non-hydrogen) atoms. The molecule has 2 aliphatic heterocycles. The summed E-state index contributed by atoms with van der Waals surface area (Å²) in [5, 5.41) is 6.53. The van der Waals surface area contributed by atoms with Crippen molar-refractivity contribution in [3.8, 4) is 0 Å². The van der Waals surface area contributed by atoms with Crippen LogP contribution in [0.3, 0.4) is 0 Å². The number of rotatable bonds is 8. The van der Waals surface area contributed by atoms with Gasteiger partial charge in [0.15, 0.2) is 5.82 Å². The molecule has 1 aromatic carbocycles. The minimum atomic E-state index is -0.192. The molecule has 5 rings (SSSR count). The van der Waals surface area contributed by atoms with Gasteiger partial charge < -0.3 is 20.3 Å². The van der Waals surface area contributed by atoms with Gasteiger partial charge in [-0.05, 0) is 22.6 Å². The molecule has 0 aliphatic carbocycles. The van der Waals surface area contributed by atoms with Crippen LogP contribution in [0.5, 0.6) is 0 Å². The maximum atomic E-state index is 13.3. The Balaban J connectivity index is 1.29. The highest BCUT2D eigenvalue weighted by Crippen LogP contribution is 2.27. The Labute approximate surface area is 214 Å². The summed E-state index contributed by atoms with van der Waals surface area (Å²) in [6.07, 6.45) is 0. The molecular weight excluding hydrogens is 478 g/mol. The van der Waals surface area contributed by atoms with Crippen molar-refractivity contribution in [1.29, 1.82) is 0 Å². The molecule has 4 heterocycles. The molecule has 0 atom stereocenters. The lowest BCUT2D eigenvalue weighted by Crippen LogP contribution is -2.52. The highest BCUT2D eigenvalue weighted by Gasteiger charge is 2.35. The van der Waals surface area contributed by atoms with Gasteiger partial charge in [-0.2, -0.15) is 9.67 Å². The maximum Gasteiger partial charge on any atom is 0.291 e. The van der Waals surface area contributed by atoms with Crippen molar-refractivity contribution in [1.82, 2.24) is 24.6 Å². The molecule has 190 valence electrons. The van der Waals surface area contributed by atoms with E-state index in [4.69, 9.17) is 15.5 Å². The lowest BCUT2D eigenvalue weighted by Gasteiger charge is -2.38. The third-order valence-corrected chi connectivity index (χ3v) is 7.45. The van der Waals surface area contributed by atoms with Gasteiger partial charge in [0.1, 0.15) is 0 Å². The van der Waals surface area contributed by atoms with Crippen LogP contribution in [0.2, 0.25) is 0 Å². The fourth-order valence-electron chi connectivity index (χ4n) is 4.47. The largest absolute Gasteiger partial charge is 0.378 e. The van der Waals surface area contributed by atoms with Gasteiger partial charge in [0, 0.05) is 52.2 Å². The van der Waals surface area contributed by atoms with Crippen LogP contribution in [-0.2, 0) is 22.6 Å². The van der Waals surface area contributed by atoms with E-state index in [2.05, 4.69) is 10.00 Å². The van der Waals surface area contributed by atoms with Crippen molar-refractivity contribution < 1.29 is 14.3 Å². The van der Waals surface area contributed by atoms with Gasteiger partial charge in [0.25, 0.3) is 5.91 Å². The number of likely N-dealkylation sites (tertiary alicyclic amines) is 1. The van der Waals surface area contributed by atoms with Crippen LogP contribution in [0.1, 0.15) is 32.5 Å². The Kier molecular flexibility index (Phi) is 7.42. The number of amides is 1. The summed E-state index contributed by atoms with van der Waals surface area (Å²) in [6.45, 7) is 5.34. The first kappa shape index (κ1) is 24.6. The number of hydrogen-bond donors (Lipinski definition) is 1. The van der Waals surface area contributed by atoms with Crippen molar-refractivity contribution >= 4 is 29.1 Å². The Morgan fingerprint density at radius 3 is 2.53 bits per heavy atom. The SMILES string of the molecule is CN(Cc1ccc(CN)cc1)c1nc(C2CN(CC(=O)N3CCOCC3)C2)nn1C(=O)c1cccs1. The Morgan fingerprint density at radius 1 is 1.14 bits per heavy atom. The van der Waals surface area contributed by atoms with E-state index < -0.39 is 0 Å². The van der Waals surface area contributed by atoms with Gasteiger partial charge in [-0.25, -0.2) is 0 Å². The molecule has 2 saturated heterocycles. The normalized spacial score (nSPS) is 16.7. The van der Waals surface area contributed by atoms with Gasteiger partial charge in [-0.1, -0.05) is 30.3 Å². The van der Waals surface area contributed by atoms with Crippen molar-refractivity contribution in [3.63, 3.8) is 0 Å². The first-order valence-electron chi connectivity index (χ1n) is 12.1. The second-order valence-corrected chi connectivity index (χ2v) is 10.2. The van der Waals surface area contributed by atoms with Crippen LogP contribution in [-0.4, -0.2) is 89.4 Å². The Bertz CT molecular complexity index is 1180. The second kappa shape index (κ2) is 10.9. The number of carbonyl (C=O) groups excluding carboxylic acids is 2. The molecule has 0 spiro atoms. The van der Waals surface area contributed by atoms with Crippen LogP contribution < -0.4 is 10.6 Å². The third-order valence-electron chi connectivity index (χ3n) is 6.60. The summed E-state index contributed by atoms with van der Waals surface area (Å²) < 4.78 is 6.75. The predicted molar refractivity (Wildman–Crippen MR) is 137 cm³/mol. The maximum absolute atomic E-state index is 13.3. The number of nitrogens with two attached hydrogens (primary N) is 1. The number of aromatic nitrogens is 3. The molecule has 0 unspecified atom stereocenters. The Morgan fingerprint density at radius 2 is 1.86 bits per heavy atom. The van der Waals surface area contributed by atoms with E-state index in [9.17, 15) is 9.59 Å². The zero-order valence-corrected chi connectivity index (χ0v) is 21.2. The monoisotopic (exact) mass is 509 g/mol. The summed E-state index contributed by atoms with van der Waals surface area (Å²) in [5.41, 5.74) is 7.88. The molecule has 2 fully saturated rings. The Hall–Kier alpha value is -3.12. The molecule has 0 radical (unpaired) electrons. The first-order chi connectivity index (χ1) is 17.5. The number of carbonyl (C=O) groups is 2. The molecule has 2 N–H and O–H groups in total. The minimum Gasteiger partial charge on any atom is -0.378 e. The molecule has 11 heteroatoms. The van der Waals surface area contributed by atoms with Crippen molar-refractivity contribution in [2.75, 3.05) is 57.9 Å². The van der Waals surface area contributed by atoms with E-state index in [0.29, 0.717) is 75.7 Å². The van der Waals surface area contributed by atoms with E-state index in [-0.39, 0.29) is 17.7 Å². The van der Waals surface area contributed by atoms with Gasteiger partial charge in [-0.15, -0.1) is 16.4 Å². The highest BCUT2D eigenvalue weighted by atomic mass is 32.1. The molecule has 2 aromatic heterocycles. The van der Waals surface area contributed by atoms with Gasteiger partial charge in [-0.3, -0.25) is 14.5 Å². The van der Waals surface area contributed by atoms with Crippen LogP contribution in [0.15, 0.2) is 41.8 Å². The first-order valence-corrected chi connectivity index (χ1v) is 13.0. The summed E-state index contributed by atoms with van der Waals surface area (Å²) in [4.78, 5) is 37.1. The molecule has 0 bridgehead atoms. The molecule has 1 amide bonds. The minimum absolute atomic E-state index is 0.0795.